The van der Waals surface area contributed by atoms with Gasteiger partial charge in [0.25, 0.3) is 5.78 Å². The Bertz CT molecular complexity index is 829. The van der Waals surface area contributed by atoms with Crippen LogP contribution < -0.4 is 11.1 Å². The van der Waals surface area contributed by atoms with Crippen LogP contribution in [0.2, 0.25) is 0 Å². The van der Waals surface area contributed by atoms with Gasteiger partial charge in [0.15, 0.2) is 0 Å². The van der Waals surface area contributed by atoms with Crippen LogP contribution in [0.15, 0.2) is 55.1 Å². The van der Waals surface area contributed by atoms with E-state index < -0.39 is 5.78 Å². The molecule has 0 fully saturated rings. The molecule has 0 amide bonds. The van der Waals surface area contributed by atoms with Crippen LogP contribution in [0.4, 0.5) is 11.4 Å². The molecule has 0 bridgehead atoms. The third-order valence-electron chi connectivity index (χ3n) is 3.47. The molecule has 0 saturated heterocycles. The zero-order chi connectivity index (χ0) is 16.8. The van der Waals surface area contributed by atoms with Crippen molar-refractivity contribution in [3.8, 4) is 6.07 Å². The number of anilines is 2. The molecule has 23 heavy (non-hydrogen) atoms. The van der Waals surface area contributed by atoms with Crippen molar-refractivity contribution in [1.29, 1.82) is 5.26 Å². The second-order valence-corrected chi connectivity index (χ2v) is 4.89. The lowest BCUT2D eigenvalue weighted by Crippen LogP contribution is -1.98. The average Bonchev–Trinajstić information content (AvgIpc) is 2.59. The zero-order valence-electron chi connectivity index (χ0n) is 12.8. The molecule has 0 heterocycles. The number of benzene rings is 2. The van der Waals surface area contributed by atoms with Gasteiger partial charge in [0.2, 0.25) is 0 Å². The van der Waals surface area contributed by atoms with Crippen molar-refractivity contribution < 1.29 is 4.79 Å². The van der Waals surface area contributed by atoms with E-state index in [1.54, 1.807) is 30.3 Å². The molecule has 0 unspecified atom stereocenters. The Hall–Kier alpha value is -3.32. The van der Waals surface area contributed by atoms with Crippen LogP contribution in [0.25, 0.3) is 11.6 Å². The number of ketones is 1. The molecular weight excluding hydrogens is 286 g/mol. The van der Waals surface area contributed by atoms with Gasteiger partial charge in [-0.05, 0) is 29.3 Å². The molecular formula is C19H17N3O. The van der Waals surface area contributed by atoms with Crippen molar-refractivity contribution in [3.63, 3.8) is 0 Å². The summed E-state index contributed by atoms with van der Waals surface area (Å²) in [5.74, 6) is -0.560. The molecule has 3 N–H and O–H groups in total. The highest BCUT2D eigenvalue weighted by Crippen LogP contribution is 2.28. The fraction of sp³-hybridized carbons (Fsp3) is 0.0526. The number of nitrogen functional groups attached to an aromatic ring is 1. The number of Topliss-reactive ketones (excluding diaryl/α,β-unsaturated/α-hetero) is 1. The summed E-state index contributed by atoms with van der Waals surface area (Å²) < 4.78 is 0. The van der Waals surface area contributed by atoms with E-state index in [0.29, 0.717) is 11.3 Å². The smallest absolute Gasteiger partial charge is 0.262 e. The number of hydrogen-bond acceptors (Lipinski definition) is 4. The van der Waals surface area contributed by atoms with Gasteiger partial charge in [0.1, 0.15) is 6.07 Å². The molecule has 0 aliphatic rings. The van der Waals surface area contributed by atoms with Crippen LogP contribution in [0.5, 0.6) is 0 Å². The Balaban J connectivity index is 2.53. The zero-order valence-corrected chi connectivity index (χ0v) is 12.8. The maximum atomic E-state index is 11.5. The van der Waals surface area contributed by atoms with Crippen molar-refractivity contribution in [2.24, 2.45) is 0 Å². The normalized spacial score (nSPS) is 10.7. The van der Waals surface area contributed by atoms with Crippen molar-refractivity contribution in [3.05, 3.63) is 71.8 Å². The number of carbonyl (C=O) groups is 1. The Morgan fingerprint density at radius 2 is 1.96 bits per heavy atom. The molecule has 0 aliphatic carbocycles. The molecule has 0 saturated carbocycles. The summed E-state index contributed by atoms with van der Waals surface area (Å²) in [7, 11) is 1.81. The number of nitrogens with zero attached hydrogens (tertiary/aromatic N) is 1. The number of allylic oxidation sites excluding steroid dienone is 2. The summed E-state index contributed by atoms with van der Waals surface area (Å²) in [5.41, 5.74) is 10.4. The third kappa shape index (κ3) is 3.47. The predicted octanol–water partition coefficient (Wildman–Crippen LogP) is 3.74. The third-order valence-corrected chi connectivity index (χ3v) is 3.47. The summed E-state index contributed by atoms with van der Waals surface area (Å²) in [4.78, 5) is 11.5. The molecule has 0 aliphatic heterocycles. The summed E-state index contributed by atoms with van der Waals surface area (Å²) in [6.07, 6.45) is 3.64. The molecule has 2 aromatic rings. The lowest BCUT2D eigenvalue weighted by Gasteiger charge is -2.10. The van der Waals surface area contributed by atoms with Gasteiger partial charge in [-0.2, -0.15) is 5.26 Å². The van der Waals surface area contributed by atoms with E-state index in [2.05, 4.69) is 11.9 Å². The van der Waals surface area contributed by atoms with Gasteiger partial charge in [0, 0.05) is 18.2 Å². The fourth-order valence-corrected chi connectivity index (χ4v) is 2.33. The van der Waals surface area contributed by atoms with Crippen LogP contribution >= 0.6 is 0 Å². The number of nitrogens with two attached hydrogens (primary N) is 1. The molecule has 2 aromatic carbocycles. The Labute approximate surface area is 135 Å². The van der Waals surface area contributed by atoms with Crippen LogP contribution in [-0.4, -0.2) is 12.8 Å². The van der Waals surface area contributed by atoms with E-state index in [9.17, 15) is 4.79 Å². The lowest BCUT2D eigenvalue weighted by molar-refractivity contribution is 0.105. The average molecular weight is 303 g/mol. The van der Waals surface area contributed by atoms with E-state index in [1.165, 1.54) is 0 Å². The van der Waals surface area contributed by atoms with Gasteiger partial charge in [-0.15, -0.1) is 0 Å². The highest BCUT2D eigenvalue weighted by atomic mass is 16.1. The van der Waals surface area contributed by atoms with Crippen molar-refractivity contribution in [2.45, 2.75) is 0 Å². The second kappa shape index (κ2) is 7.10. The van der Waals surface area contributed by atoms with E-state index >= 15 is 0 Å². The highest BCUT2D eigenvalue weighted by Gasteiger charge is 2.08. The lowest BCUT2D eigenvalue weighted by atomic mass is 9.98. The first-order valence-electron chi connectivity index (χ1n) is 7.06. The maximum absolute atomic E-state index is 11.5. The largest absolute Gasteiger partial charge is 0.397 e. The Morgan fingerprint density at radius 1 is 1.26 bits per heavy atom. The van der Waals surface area contributed by atoms with E-state index in [1.807, 2.05) is 37.4 Å². The van der Waals surface area contributed by atoms with Crippen LogP contribution in [0, 0.1) is 11.3 Å². The second-order valence-electron chi connectivity index (χ2n) is 4.89. The number of rotatable bonds is 5. The Morgan fingerprint density at radius 3 is 2.61 bits per heavy atom. The highest BCUT2D eigenvalue weighted by molar-refractivity contribution is 6.08. The first-order valence-corrected chi connectivity index (χ1v) is 7.06. The van der Waals surface area contributed by atoms with Gasteiger partial charge in [-0.1, -0.05) is 43.0 Å². The fourth-order valence-electron chi connectivity index (χ4n) is 2.33. The van der Waals surface area contributed by atoms with Crippen LogP contribution in [0.1, 0.15) is 21.5 Å². The minimum atomic E-state index is -0.560. The molecule has 0 atom stereocenters. The minimum Gasteiger partial charge on any atom is -0.397 e. The number of nitriles is 1. The number of nitrogens with one attached hydrogen (secondary N) is 1. The van der Waals surface area contributed by atoms with E-state index in [4.69, 9.17) is 11.0 Å². The predicted molar refractivity (Wildman–Crippen MR) is 94.9 cm³/mol. The number of para-hydroxylation sites is 1. The summed E-state index contributed by atoms with van der Waals surface area (Å²) in [6, 6.07) is 14.2. The summed E-state index contributed by atoms with van der Waals surface area (Å²) >= 11 is 0. The topological polar surface area (TPSA) is 78.9 Å². The molecule has 2 rings (SSSR count). The van der Waals surface area contributed by atoms with Gasteiger partial charge in [-0.3, -0.25) is 4.79 Å². The molecule has 114 valence electrons. The van der Waals surface area contributed by atoms with Gasteiger partial charge in [-0.25, -0.2) is 0 Å². The molecule has 0 radical (unpaired) electrons. The van der Waals surface area contributed by atoms with E-state index in [0.717, 1.165) is 22.4 Å². The quantitative estimate of drug-likeness (QED) is 0.290. The minimum absolute atomic E-state index is 0.360. The summed E-state index contributed by atoms with van der Waals surface area (Å²) in [5, 5.41) is 11.8. The van der Waals surface area contributed by atoms with Gasteiger partial charge >= 0.3 is 0 Å². The van der Waals surface area contributed by atoms with Gasteiger partial charge < -0.3 is 11.1 Å². The monoisotopic (exact) mass is 303 g/mol. The summed E-state index contributed by atoms with van der Waals surface area (Å²) in [6.45, 7) is 3.84. The Kier molecular flexibility index (Phi) is 4.96. The standard InChI is InChI=1S/C19H17N3O/c1-3-13(10-16-8-5-9-17(21)19(16)22-2)14-6-4-7-15(11-14)18(23)12-20/h3-11,22H,1,21H2,2H3/b13-10+. The number of carbonyl (C=O) groups excluding carboxylic acids is 1. The first kappa shape index (κ1) is 16.1. The molecule has 0 spiro atoms. The molecule has 4 nitrogen and oxygen atoms in total. The van der Waals surface area contributed by atoms with Crippen LogP contribution in [-0.2, 0) is 0 Å². The van der Waals surface area contributed by atoms with Crippen molar-refractivity contribution in [1.82, 2.24) is 0 Å². The van der Waals surface area contributed by atoms with Crippen molar-refractivity contribution in [2.75, 3.05) is 18.1 Å². The molecule has 0 aromatic heterocycles. The van der Waals surface area contributed by atoms with Crippen LogP contribution in [0.3, 0.4) is 0 Å². The molecule has 4 heteroatoms. The van der Waals surface area contributed by atoms with Gasteiger partial charge in [0.05, 0.1) is 11.4 Å². The first-order chi connectivity index (χ1) is 11.1. The number of hydrogen-bond donors (Lipinski definition) is 2. The maximum Gasteiger partial charge on any atom is 0.262 e. The SMILES string of the molecule is C=C/C(=C\c1cccc(N)c1NC)c1cccc(C(=O)C#N)c1. The van der Waals surface area contributed by atoms with E-state index in [-0.39, 0.29) is 0 Å². The van der Waals surface area contributed by atoms with Crippen molar-refractivity contribution >= 4 is 28.8 Å².